The number of carbonyl (C=O) groups is 1. The minimum atomic E-state index is 0.0874. The molecule has 1 heterocycles. The van der Waals surface area contributed by atoms with Gasteiger partial charge in [-0.1, -0.05) is 12.1 Å². The number of methoxy groups -OCH3 is 1. The second kappa shape index (κ2) is 8.67. The number of nitrogens with zero attached hydrogens (tertiary/aromatic N) is 1. The summed E-state index contributed by atoms with van der Waals surface area (Å²) in [5.41, 5.74) is 0.990. The van der Waals surface area contributed by atoms with Crippen LogP contribution in [0.15, 0.2) is 24.3 Å². The number of benzene rings is 1. The van der Waals surface area contributed by atoms with Crippen molar-refractivity contribution in [2.45, 2.75) is 32.1 Å². The van der Waals surface area contributed by atoms with Gasteiger partial charge in [-0.2, -0.15) is 0 Å². The standard InChI is InChI=1S/C17H26N2O2/c1-21-16-8-6-7-15(13-16)14-17(20)18-9-2-3-10-19-11-4-5-12-19/h6-8,13H,2-5,9-12,14H2,1H3,(H,18,20). The number of amides is 1. The molecule has 1 aromatic rings. The van der Waals surface area contributed by atoms with Gasteiger partial charge in [-0.05, 0) is 63.0 Å². The zero-order chi connectivity index (χ0) is 14.9. The summed E-state index contributed by atoms with van der Waals surface area (Å²) in [6, 6.07) is 7.67. The van der Waals surface area contributed by atoms with Gasteiger partial charge in [0, 0.05) is 6.54 Å². The Balaban J connectivity index is 1.58. The lowest BCUT2D eigenvalue weighted by Gasteiger charge is -2.14. The molecule has 0 saturated carbocycles. The summed E-state index contributed by atoms with van der Waals surface area (Å²) in [6.45, 7) is 4.45. The van der Waals surface area contributed by atoms with Crippen molar-refractivity contribution >= 4 is 5.91 Å². The van der Waals surface area contributed by atoms with Crippen LogP contribution in [0.2, 0.25) is 0 Å². The van der Waals surface area contributed by atoms with Gasteiger partial charge in [-0.15, -0.1) is 0 Å². The lowest BCUT2D eigenvalue weighted by Crippen LogP contribution is -2.27. The number of likely N-dealkylation sites (tertiary alicyclic amines) is 1. The molecule has 1 amide bonds. The van der Waals surface area contributed by atoms with Crippen molar-refractivity contribution in [3.8, 4) is 5.75 Å². The zero-order valence-corrected chi connectivity index (χ0v) is 12.9. The maximum atomic E-state index is 11.9. The fourth-order valence-electron chi connectivity index (χ4n) is 2.72. The van der Waals surface area contributed by atoms with Crippen molar-refractivity contribution in [3.63, 3.8) is 0 Å². The Labute approximate surface area is 127 Å². The second-order valence-electron chi connectivity index (χ2n) is 5.63. The Morgan fingerprint density at radius 2 is 2.10 bits per heavy atom. The number of ether oxygens (including phenoxy) is 1. The maximum Gasteiger partial charge on any atom is 0.224 e. The van der Waals surface area contributed by atoms with E-state index in [1.807, 2.05) is 24.3 Å². The molecule has 1 fully saturated rings. The fraction of sp³-hybridized carbons (Fsp3) is 0.588. The van der Waals surface area contributed by atoms with E-state index in [0.717, 1.165) is 24.3 Å². The van der Waals surface area contributed by atoms with E-state index in [4.69, 9.17) is 4.74 Å². The summed E-state index contributed by atoms with van der Waals surface area (Å²) in [6.07, 6.45) is 5.33. The van der Waals surface area contributed by atoms with Crippen LogP contribution in [0.5, 0.6) is 5.75 Å². The largest absolute Gasteiger partial charge is 0.497 e. The molecule has 0 spiro atoms. The minimum absolute atomic E-state index is 0.0874. The molecule has 1 aliphatic rings. The van der Waals surface area contributed by atoms with Gasteiger partial charge in [0.15, 0.2) is 0 Å². The van der Waals surface area contributed by atoms with E-state index in [0.29, 0.717) is 6.42 Å². The van der Waals surface area contributed by atoms with Gasteiger partial charge in [0.2, 0.25) is 5.91 Å². The van der Waals surface area contributed by atoms with Crippen LogP contribution < -0.4 is 10.1 Å². The molecule has 21 heavy (non-hydrogen) atoms. The van der Waals surface area contributed by atoms with E-state index in [-0.39, 0.29) is 5.91 Å². The molecule has 1 N–H and O–H groups in total. The summed E-state index contributed by atoms with van der Waals surface area (Å²) in [7, 11) is 1.64. The average molecular weight is 290 g/mol. The normalized spacial score (nSPS) is 15.1. The van der Waals surface area contributed by atoms with Gasteiger partial charge < -0.3 is 15.0 Å². The highest BCUT2D eigenvalue weighted by atomic mass is 16.5. The molecule has 0 aromatic heterocycles. The van der Waals surface area contributed by atoms with Crippen LogP contribution in [0.4, 0.5) is 0 Å². The van der Waals surface area contributed by atoms with Gasteiger partial charge in [-0.25, -0.2) is 0 Å². The van der Waals surface area contributed by atoms with Crippen molar-refractivity contribution in [1.82, 2.24) is 10.2 Å². The SMILES string of the molecule is COc1cccc(CC(=O)NCCCCN2CCCC2)c1. The number of carbonyl (C=O) groups excluding carboxylic acids is 1. The van der Waals surface area contributed by atoms with Crippen LogP contribution in [-0.2, 0) is 11.2 Å². The number of hydrogen-bond acceptors (Lipinski definition) is 3. The molecular formula is C17H26N2O2. The second-order valence-corrected chi connectivity index (χ2v) is 5.63. The fourth-order valence-corrected chi connectivity index (χ4v) is 2.72. The molecule has 4 nitrogen and oxygen atoms in total. The third-order valence-electron chi connectivity index (χ3n) is 3.92. The van der Waals surface area contributed by atoms with Crippen LogP contribution in [0, 0.1) is 0 Å². The highest BCUT2D eigenvalue weighted by Gasteiger charge is 2.10. The number of rotatable bonds is 8. The summed E-state index contributed by atoms with van der Waals surface area (Å²) >= 11 is 0. The molecule has 1 aliphatic heterocycles. The molecule has 0 radical (unpaired) electrons. The quantitative estimate of drug-likeness (QED) is 0.747. The molecular weight excluding hydrogens is 264 g/mol. The molecule has 0 atom stereocenters. The highest BCUT2D eigenvalue weighted by Crippen LogP contribution is 2.12. The summed E-state index contributed by atoms with van der Waals surface area (Å²) in [5, 5.41) is 3.00. The van der Waals surface area contributed by atoms with Crippen molar-refractivity contribution in [1.29, 1.82) is 0 Å². The van der Waals surface area contributed by atoms with Crippen molar-refractivity contribution < 1.29 is 9.53 Å². The van der Waals surface area contributed by atoms with E-state index in [2.05, 4.69) is 10.2 Å². The lowest BCUT2D eigenvalue weighted by atomic mass is 10.1. The van der Waals surface area contributed by atoms with Crippen molar-refractivity contribution in [2.24, 2.45) is 0 Å². The number of nitrogens with one attached hydrogen (secondary N) is 1. The first-order valence-corrected chi connectivity index (χ1v) is 7.90. The summed E-state index contributed by atoms with van der Waals surface area (Å²) in [4.78, 5) is 14.4. The number of hydrogen-bond donors (Lipinski definition) is 1. The summed E-state index contributed by atoms with van der Waals surface area (Å²) < 4.78 is 5.16. The predicted molar refractivity (Wildman–Crippen MR) is 84.6 cm³/mol. The lowest BCUT2D eigenvalue weighted by molar-refractivity contribution is -0.120. The molecule has 116 valence electrons. The minimum Gasteiger partial charge on any atom is -0.497 e. The van der Waals surface area contributed by atoms with Crippen LogP contribution in [0.25, 0.3) is 0 Å². The Morgan fingerprint density at radius 3 is 2.86 bits per heavy atom. The van der Waals surface area contributed by atoms with Crippen LogP contribution >= 0.6 is 0 Å². The van der Waals surface area contributed by atoms with Crippen molar-refractivity contribution in [3.05, 3.63) is 29.8 Å². The number of unbranched alkanes of at least 4 members (excludes halogenated alkanes) is 1. The van der Waals surface area contributed by atoms with E-state index in [1.54, 1.807) is 7.11 Å². The molecule has 1 saturated heterocycles. The van der Waals surface area contributed by atoms with Gasteiger partial charge in [0.25, 0.3) is 0 Å². The molecule has 0 bridgehead atoms. The smallest absolute Gasteiger partial charge is 0.224 e. The van der Waals surface area contributed by atoms with Gasteiger partial charge in [0.05, 0.1) is 13.5 Å². The maximum absolute atomic E-state index is 11.9. The van der Waals surface area contributed by atoms with E-state index in [9.17, 15) is 4.79 Å². The van der Waals surface area contributed by atoms with Crippen LogP contribution in [0.3, 0.4) is 0 Å². The van der Waals surface area contributed by atoms with Crippen LogP contribution in [-0.4, -0.2) is 44.1 Å². The van der Waals surface area contributed by atoms with Gasteiger partial charge >= 0.3 is 0 Å². The first-order chi connectivity index (χ1) is 10.3. The molecule has 0 aliphatic carbocycles. The third kappa shape index (κ3) is 5.76. The monoisotopic (exact) mass is 290 g/mol. The molecule has 1 aromatic carbocycles. The Morgan fingerprint density at radius 1 is 1.29 bits per heavy atom. The van der Waals surface area contributed by atoms with E-state index >= 15 is 0 Å². The van der Waals surface area contributed by atoms with E-state index in [1.165, 1.54) is 38.9 Å². The van der Waals surface area contributed by atoms with Gasteiger partial charge in [-0.3, -0.25) is 4.79 Å². The highest BCUT2D eigenvalue weighted by molar-refractivity contribution is 5.78. The molecule has 0 unspecified atom stereocenters. The van der Waals surface area contributed by atoms with Crippen LogP contribution in [0.1, 0.15) is 31.2 Å². The Kier molecular flexibility index (Phi) is 6.54. The molecule has 2 rings (SSSR count). The van der Waals surface area contributed by atoms with Crippen molar-refractivity contribution in [2.75, 3.05) is 33.3 Å². The predicted octanol–water partition coefficient (Wildman–Crippen LogP) is 2.23. The topological polar surface area (TPSA) is 41.6 Å². The summed E-state index contributed by atoms with van der Waals surface area (Å²) in [5.74, 6) is 0.885. The Hall–Kier alpha value is -1.55. The average Bonchev–Trinajstić information content (AvgIpc) is 3.00. The van der Waals surface area contributed by atoms with E-state index < -0.39 is 0 Å². The van der Waals surface area contributed by atoms with Gasteiger partial charge in [0.1, 0.15) is 5.75 Å². The zero-order valence-electron chi connectivity index (χ0n) is 12.9. The molecule has 4 heteroatoms. The third-order valence-corrected chi connectivity index (χ3v) is 3.92. The first-order valence-electron chi connectivity index (χ1n) is 7.90. The first kappa shape index (κ1) is 15.8. The Bertz CT molecular complexity index is 442.